The number of carbonyl (C=O) groups excluding carboxylic acids is 2. The Morgan fingerprint density at radius 3 is 2.52 bits per heavy atom. The van der Waals surface area contributed by atoms with Crippen LogP contribution in [0.3, 0.4) is 0 Å². The molecule has 2 bridgehead atoms. The Hall–Kier alpha value is -4.74. The summed E-state index contributed by atoms with van der Waals surface area (Å²) in [7, 11) is 4.33. The van der Waals surface area contributed by atoms with Gasteiger partial charge in [-0.15, -0.1) is 0 Å². The average molecular weight is 608 g/mol. The molecule has 12 nitrogen and oxygen atoms in total. The van der Waals surface area contributed by atoms with Crippen LogP contribution in [0.2, 0.25) is 0 Å². The number of hydrogen-bond acceptors (Lipinski definition) is 9. The number of methoxy groups -OCH3 is 3. The number of nitrogens with one attached hydrogen (secondary N) is 1. The van der Waals surface area contributed by atoms with Crippen molar-refractivity contribution in [3.05, 3.63) is 79.8 Å². The lowest BCUT2D eigenvalue weighted by Crippen LogP contribution is -2.49. The zero-order valence-corrected chi connectivity index (χ0v) is 25.3. The van der Waals surface area contributed by atoms with Gasteiger partial charge in [-0.05, 0) is 31.4 Å². The number of rotatable bonds is 10. The van der Waals surface area contributed by atoms with Crippen LogP contribution in [0.1, 0.15) is 53.7 Å². The molecule has 0 radical (unpaired) electrons. The summed E-state index contributed by atoms with van der Waals surface area (Å²) in [6.45, 7) is 3.30. The summed E-state index contributed by atoms with van der Waals surface area (Å²) in [5.74, 6) is -0.416. The number of amides is 2. The van der Waals surface area contributed by atoms with Crippen molar-refractivity contribution in [2.24, 2.45) is 5.92 Å². The van der Waals surface area contributed by atoms with Crippen LogP contribution in [0, 0.1) is 12.8 Å². The van der Waals surface area contributed by atoms with E-state index in [-0.39, 0.29) is 71.3 Å². The minimum Gasteiger partial charge on any atom is -0.507 e. The standard InChI is InChI=1S/C32H37N3O9/c1-18-12-24(36)29(32(40)44-18)22(21-8-9-25(41-2)31(43-4)30(21)42-3)14-26(37)33-11-10-27(38)34-15-19-13-20(17-34)23-6-5-7-28(39)35(23)16-19/h5-9,12,19-20,22,36H,10-11,13-17H2,1-4H3,(H,33,37)/t19-,20+,22+/m1/s1. The van der Waals surface area contributed by atoms with Crippen LogP contribution in [0.5, 0.6) is 23.0 Å². The van der Waals surface area contributed by atoms with Crippen LogP contribution >= 0.6 is 0 Å². The van der Waals surface area contributed by atoms with E-state index in [1.165, 1.54) is 34.3 Å². The van der Waals surface area contributed by atoms with Crippen LogP contribution in [-0.4, -0.2) is 67.4 Å². The van der Waals surface area contributed by atoms with E-state index in [9.17, 15) is 24.3 Å². The second-order valence-electron chi connectivity index (χ2n) is 11.2. The first-order valence-electron chi connectivity index (χ1n) is 14.5. The van der Waals surface area contributed by atoms with Gasteiger partial charge in [0.1, 0.15) is 11.5 Å². The molecule has 1 aromatic carbocycles. The van der Waals surface area contributed by atoms with Gasteiger partial charge in [0, 0.05) is 74.2 Å². The van der Waals surface area contributed by atoms with Crippen LogP contribution in [-0.2, 0) is 16.1 Å². The molecule has 2 amide bonds. The van der Waals surface area contributed by atoms with E-state index in [1.54, 1.807) is 24.3 Å². The number of benzene rings is 1. The van der Waals surface area contributed by atoms with Gasteiger partial charge in [0.15, 0.2) is 11.5 Å². The molecule has 5 rings (SSSR count). The first kappa shape index (κ1) is 30.7. The first-order valence-corrected chi connectivity index (χ1v) is 14.5. The van der Waals surface area contributed by atoms with Crippen molar-refractivity contribution in [1.82, 2.24) is 14.8 Å². The molecule has 2 aliphatic rings. The van der Waals surface area contributed by atoms with E-state index in [4.69, 9.17) is 18.6 Å². The monoisotopic (exact) mass is 607 g/mol. The molecule has 3 atom stereocenters. The molecule has 1 saturated heterocycles. The topological polar surface area (TPSA) is 150 Å². The number of aromatic hydroxyl groups is 1. The molecule has 44 heavy (non-hydrogen) atoms. The molecule has 234 valence electrons. The lowest BCUT2D eigenvalue weighted by molar-refractivity contribution is -0.134. The minimum absolute atomic E-state index is 0.0135. The SMILES string of the molecule is COc1ccc([C@H](CC(=O)NCCC(=O)N2C[C@H]3C[C@@H](C2)c2cccc(=O)n2C3)c2c(O)cc(C)oc2=O)c(OC)c1OC. The van der Waals surface area contributed by atoms with Crippen LogP contribution in [0.4, 0.5) is 0 Å². The lowest BCUT2D eigenvalue weighted by Gasteiger charge is -2.42. The smallest absolute Gasteiger partial charge is 0.343 e. The summed E-state index contributed by atoms with van der Waals surface area (Å²) >= 11 is 0. The molecule has 0 aliphatic carbocycles. The van der Waals surface area contributed by atoms with Gasteiger partial charge in [-0.3, -0.25) is 14.4 Å². The van der Waals surface area contributed by atoms with E-state index in [2.05, 4.69) is 5.32 Å². The number of likely N-dealkylation sites (tertiary alicyclic amines) is 1. The third kappa shape index (κ3) is 6.01. The average Bonchev–Trinajstić information content (AvgIpc) is 2.99. The van der Waals surface area contributed by atoms with E-state index in [0.29, 0.717) is 30.9 Å². The van der Waals surface area contributed by atoms with Crippen molar-refractivity contribution in [3.63, 3.8) is 0 Å². The fourth-order valence-electron chi connectivity index (χ4n) is 6.52. The lowest BCUT2D eigenvalue weighted by atomic mass is 9.83. The number of piperidine rings is 1. The summed E-state index contributed by atoms with van der Waals surface area (Å²) in [4.78, 5) is 53.5. The highest BCUT2D eigenvalue weighted by atomic mass is 16.5. The van der Waals surface area contributed by atoms with Gasteiger partial charge in [-0.1, -0.05) is 12.1 Å². The fourth-order valence-corrected chi connectivity index (χ4v) is 6.52. The number of aryl methyl sites for hydroxylation is 1. The van der Waals surface area contributed by atoms with Gasteiger partial charge in [-0.25, -0.2) is 4.79 Å². The fraction of sp³-hybridized carbons (Fsp3) is 0.438. The number of carbonyl (C=O) groups is 2. The number of aromatic nitrogens is 1. The van der Waals surface area contributed by atoms with E-state index in [0.717, 1.165) is 12.1 Å². The third-order valence-electron chi connectivity index (χ3n) is 8.43. The predicted molar refractivity (Wildman–Crippen MR) is 160 cm³/mol. The summed E-state index contributed by atoms with van der Waals surface area (Å²) in [5.41, 5.74) is 0.459. The van der Waals surface area contributed by atoms with Gasteiger partial charge in [0.25, 0.3) is 5.56 Å². The van der Waals surface area contributed by atoms with Gasteiger partial charge >= 0.3 is 5.63 Å². The second kappa shape index (κ2) is 12.9. The summed E-state index contributed by atoms with van der Waals surface area (Å²) in [6.07, 6.45) is 0.778. The molecule has 2 aliphatic heterocycles. The Morgan fingerprint density at radius 2 is 1.82 bits per heavy atom. The molecular formula is C32H37N3O9. The molecule has 0 spiro atoms. The largest absolute Gasteiger partial charge is 0.507 e. The van der Waals surface area contributed by atoms with Crippen molar-refractivity contribution in [2.45, 2.75) is 44.6 Å². The van der Waals surface area contributed by atoms with Crippen LogP contribution in [0.15, 0.2) is 50.4 Å². The highest BCUT2D eigenvalue weighted by Gasteiger charge is 2.36. The van der Waals surface area contributed by atoms with Crippen molar-refractivity contribution >= 4 is 11.8 Å². The number of pyridine rings is 1. The second-order valence-corrected chi connectivity index (χ2v) is 11.2. The Balaban J connectivity index is 1.30. The Labute approximate surface area is 254 Å². The molecule has 0 unspecified atom stereocenters. The highest BCUT2D eigenvalue weighted by molar-refractivity contribution is 5.80. The van der Waals surface area contributed by atoms with Gasteiger partial charge < -0.3 is 38.5 Å². The zero-order valence-electron chi connectivity index (χ0n) is 25.3. The maximum atomic E-state index is 13.3. The van der Waals surface area contributed by atoms with E-state index >= 15 is 0 Å². The first-order chi connectivity index (χ1) is 21.1. The van der Waals surface area contributed by atoms with Gasteiger partial charge in [-0.2, -0.15) is 0 Å². The number of ether oxygens (including phenoxy) is 3. The minimum atomic E-state index is -0.970. The predicted octanol–water partition coefficient (Wildman–Crippen LogP) is 2.52. The van der Waals surface area contributed by atoms with E-state index in [1.807, 2.05) is 15.5 Å². The molecular weight excluding hydrogens is 570 g/mol. The van der Waals surface area contributed by atoms with E-state index < -0.39 is 17.5 Å². The molecule has 2 aromatic heterocycles. The van der Waals surface area contributed by atoms with Gasteiger partial charge in [0.2, 0.25) is 17.6 Å². The molecule has 12 heteroatoms. The Morgan fingerprint density at radius 1 is 1.05 bits per heavy atom. The zero-order chi connectivity index (χ0) is 31.5. The molecule has 3 aromatic rings. The Kier molecular flexibility index (Phi) is 8.98. The van der Waals surface area contributed by atoms with Crippen molar-refractivity contribution in [3.8, 4) is 23.0 Å². The summed E-state index contributed by atoms with van der Waals surface area (Å²) < 4.78 is 23.6. The number of fused-ring (bicyclic) bond motifs is 4. The van der Waals surface area contributed by atoms with Crippen LogP contribution in [0.25, 0.3) is 0 Å². The summed E-state index contributed by atoms with van der Waals surface area (Å²) in [5, 5.41) is 13.6. The normalized spacial score (nSPS) is 17.8. The third-order valence-corrected chi connectivity index (χ3v) is 8.43. The maximum Gasteiger partial charge on any atom is 0.343 e. The maximum absolute atomic E-state index is 13.3. The van der Waals surface area contributed by atoms with Gasteiger partial charge in [0.05, 0.1) is 26.9 Å². The quantitative estimate of drug-likeness (QED) is 0.355. The Bertz CT molecular complexity index is 1680. The number of hydrogen-bond donors (Lipinski definition) is 2. The summed E-state index contributed by atoms with van der Waals surface area (Å²) in [6, 6.07) is 9.85. The van der Waals surface area contributed by atoms with Crippen LogP contribution < -0.4 is 30.7 Å². The van der Waals surface area contributed by atoms with Crippen molar-refractivity contribution < 1.29 is 33.3 Å². The highest BCUT2D eigenvalue weighted by Crippen LogP contribution is 2.46. The molecule has 1 fully saturated rings. The van der Waals surface area contributed by atoms with Crippen molar-refractivity contribution in [2.75, 3.05) is 41.0 Å². The molecule has 2 N–H and O–H groups in total. The molecule has 0 saturated carbocycles. The number of nitrogens with zero attached hydrogens (tertiary/aromatic N) is 2. The molecule has 4 heterocycles. The van der Waals surface area contributed by atoms with Crippen molar-refractivity contribution in [1.29, 1.82) is 0 Å².